The molecule has 2 rings (SSSR count). The molecule has 0 saturated heterocycles. The molecule has 6 nitrogen and oxygen atoms in total. The van der Waals surface area contributed by atoms with E-state index < -0.39 is 11.9 Å². The maximum Gasteiger partial charge on any atom is 0.312 e. The van der Waals surface area contributed by atoms with E-state index in [0.717, 1.165) is 10.9 Å². The monoisotopic (exact) mass is 273 g/mol. The highest BCUT2D eigenvalue weighted by molar-refractivity contribution is 5.83. The lowest BCUT2D eigenvalue weighted by molar-refractivity contribution is -0.138. The van der Waals surface area contributed by atoms with Gasteiger partial charge in [0.1, 0.15) is 5.92 Å². The van der Waals surface area contributed by atoms with Crippen molar-refractivity contribution in [2.24, 2.45) is 5.73 Å². The van der Waals surface area contributed by atoms with Gasteiger partial charge in [0.05, 0.1) is 12.1 Å². The molecule has 1 heterocycles. The van der Waals surface area contributed by atoms with Gasteiger partial charge in [-0.2, -0.15) is 0 Å². The van der Waals surface area contributed by atoms with Crippen LogP contribution in [0.2, 0.25) is 0 Å². The third-order valence-electron chi connectivity index (χ3n) is 3.00. The molecule has 0 radical (unpaired) electrons. The van der Waals surface area contributed by atoms with E-state index in [9.17, 15) is 14.7 Å². The van der Waals surface area contributed by atoms with Crippen LogP contribution in [0.3, 0.4) is 0 Å². The first kappa shape index (κ1) is 14.0. The van der Waals surface area contributed by atoms with E-state index in [2.05, 4.69) is 10.3 Å². The second kappa shape index (κ2) is 6.12. The third kappa shape index (κ3) is 3.10. The molecule has 2 aromatic rings. The molecule has 1 atom stereocenters. The number of aliphatic carboxylic acids is 1. The minimum absolute atomic E-state index is 0.00854. The summed E-state index contributed by atoms with van der Waals surface area (Å²) in [6.07, 6.45) is 1.52. The zero-order valence-electron chi connectivity index (χ0n) is 10.7. The molecule has 0 saturated carbocycles. The fraction of sp³-hybridized carbons (Fsp3) is 0.214. The molecular formula is C14H15N3O3. The van der Waals surface area contributed by atoms with Crippen LogP contribution in [0.15, 0.2) is 36.5 Å². The van der Waals surface area contributed by atoms with Crippen molar-refractivity contribution in [3.8, 4) is 0 Å². The minimum atomic E-state index is -1.01. The highest BCUT2D eigenvalue weighted by Crippen LogP contribution is 2.19. The average Bonchev–Trinajstić information content (AvgIpc) is 2.46. The number of nitrogens with two attached hydrogens (primary N) is 1. The van der Waals surface area contributed by atoms with Gasteiger partial charge in [-0.05, 0) is 17.7 Å². The molecule has 4 N–H and O–H groups in total. The molecular weight excluding hydrogens is 258 g/mol. The smallest absolute Gasteiger partial charge is 0.312 e. The van der Waals surface area contributed by atoms with Crippen molar-refractivity contribution in [1.29, 1.82) is 0 Å². The molecule has 20 heavy (non-hydrogen) atoms. The fourth-order valence-corrected chi connectivity index (χ4v) is 1.91. The van der Waals surface area contributed by atoms with E-state index in [0.29, 0.717) is 5.56 Å². The van der Waals surface area contributed by atoms with E-state index in [1.165, 1.54) is 6.20 Å². The van der Waals surface area contributed by atoms with Gasteiger partial charge in [-0.3, -0.25) is 14.6 Å². The average molecular weight is 273 g/mol. The van der Waals surface area contributed by atoms with Crippen LogP contribution in [0.25, 0.3) is 10.9 Å². The lowest BCUT2D eigenvalue weighted by Crippen LogP contribution is -2.35. The Hall–Kier alpha value is -2.47. The van der Waals surface area contributed by atoms with Crippen molar-refractivity contribution < 1.29 is 14.7 Å². The Morgan fingerprint density at radius 1 is 1.35 bits per heavy atom. The standard InChI is InChI=1S/C14H15N3O3/c15-6-13(18)17-8-11(14(19)20)10-5-9-3-1-2-4-12(9)16-7-10/h1-5,7,11H,6,8,15H2,(H,17,18)(H,19,20)/t11-/m1/s1. The fourth-order valence-electron chi connectivity index (χ4n) is 1.91. The minimum Gasteiger partial charge on any atom is -0.481 e. The number of hydrogen-bond acceptors (Lipinski definition) is 4. The summed E-state index contributed by atoms with van der Waals surface area (Å²) in [6.45, 7) is -0.173. The van der Waals surface area contributed by atoms with Gasteiger partial charge in [-0.1, -0.05) is 18.2 Å². The molecule has 0 bridgehead atoms. The van der Waals surface area contributed by atoms with E-state index in [1.54, 1.807) is 6.07 Å². The van der Waals surface area contributed by atoms with Crippen molar-refractivity contribution >= 4 is 22.8 Å². The number of carboxylic acid groups (broad SMARTS) is 1. The summed E-state index contributed by atoms with van der Waals surface area (Å²) in [5.41, 5.74) is 6.52. The third-order valence-corrected chi connectivity index (χ3v) is 3.00. The van der Waals surface area contributed by atoms with Gasteiger partial charge < -0.3 is 16.2 Å². The lowest BCUT2D eigenvalue weighted by atomic mass is 9.99. The summed E-state index contributed by atoms with van der Waals surface area (Å²) in [7, 11) is 0. The summed E-state index contributed by atoms with van der Waals surface area (Å²) >= 11 is 0. The number of carboxylic acids is 1. The van der Waals surface area contributed by atoms with Crippen molar-refractivity contribution in [2.45, 2.75) is 5.92 Å². The predicted molar refractivity (Wildman–Crippen MR) is 74.2 cm³/mol. The van der Waals surface area contributed by atoms with Gasteiger partial charge in [0, 0.05) is 18.1 Å². The van der Waals surface area contributed by atoms with E-state index in [-0.39, 0.29) is 19.0 Å². The van der Waals surface area contributed by atoms with Crippen molar-refractivity contribution in [3.63, 3.8) is 0 Å². The predicted octanol–water partition coefficient (Wildman–Crippen LogP) is 0.478. The molecule has 0 fully saturated rings. The van der Waals surface area contributed by atoms with Gasteiger partial charge >= 0.3 is 5.97 Å². The quantitative estimate of drug-likeness (QED) is 0.734. The number of carbonyl (C=O) groups is 2. The zero-order valence-corrected chi connectivity index (χ0v) is 10.7. The normalized spacial score (nSPS) is 12.1. The largest absolute Gasteiger partial charge is 0.481 e. The molecule has 0 aliphatic carbocycles. The van der Waals surface area contributed by atoms with Gasteiger partial charge in [0.25, 0.3) is 0 Å². The molecule has 1 amide bonds. The first-order valence-electron chi connectivity index (χ1n) is 6.16. The van der Waals surface area contributed by atoms with Crippen molar-refractivity contribution in [3.05, 3.63) is 42.1 Å². The molecule has 6 heteroatoms. The summed E-state index contributed by atoms with van der Waals surface area (Å²) in [5.74, 6) is -2.24. The van der Waals surface area contributed by atoms with Crippen LogP contribution in [0, 0.1) is 0 Å². The van der Waals surface area contributed by atoms with Crippen molar-refractivity contribution in [2.75, 3.05) is 13.1 Å². The van der Waals surface area contributed by atoms with Gasteiger partial charge in [-0.15, -0.1) is 0 Å². The van der Waals surface area contributed by atoms with Crippen LogP contribution in [0.1, 0.15) is 11.5 Å². The zero-order chi connectivity index (χ0) is 14.5. The second-order valence-electron chi connectivity index (χ2n) is 4.36. The van der Waals surface area contributed by atoms with E-state index in [4.69, 9.17) is 5.73 Å². The molecule has 0 spiro atoms. The van der Waals surface area contributed by atoms with Crippen LogP contribution in [0.5, 0.6) is 0 Å². The van der Waals surface area contributed by atoms with Crippen LogP contribution in [-0.2, 0) is 9.59 Å². The molecule has 0 aliphatic rings. The van der Waals surface area contributed by atoms with E-state index in [1.807, 2.05) is 24.3 Å². The summed E-state index contributed by atoms with van der Waals surface area (Å²) in [6, 6.07) is 9.22. The van der Waals surface area contributed by atoms with Crippen molar-refractivity contribution in [1.82, 2.24) is 10.3 Å². The Kier molecular flexibility index (Phi) is 4.27. The Bertz CT molecular complexity index is 642. The van der Waals surface area contributed by atoms with Gasteiger partial charge in [0.2, 0.25) is 5.91 Å². The van der Waals surface area contributed by atoms with Gasteiger partial charge in [0.15, 0.2) is 0 Å². The number of aromatic nitrogens is 1. The Morgan fingerprint density at radius 3 is 2.80 bits per heavy atom. The van der Waals surface area contributed by atoms with E-state index >= 15 is 0 Å². The number of para-hydroxylation sites is 1. The van der Waals surface area contributed by atoms with Crippen LogP contribution >= 0.6 is 0 Å². The number of hydrogen-bond donors (Lipinski definition) is 3. The Labute approximate surface area is 115 Å². The molecule has 1 aromatic carbocycles. The number of pyridine rings is 1. The first-order chi connectivity index (χ1) is 9.61. The van der Waals surface area contributed by atoms with Crippen LogP contribution in [-0.4, -0.2) is 35.1 Å². The summed E-state index contributed by atoms with van der Waals surface area (Å²) < 4.78 is 0. The molecule has 104 valence electrons. The number of fused-ring (bicyclic) bond motifs is 1. The van der Waals surface area contributed by atoms with Crippen LogP contribution in [0.4, 0.5) is 0 Å². The Morgan fingerprint density at radius 2 is 2.10 bits per heavy atom. The maximum atomic E-state index is 11.3. The second-order valence-corrected chi connectivity index (χ2v) is 4.36. The lowest BCUT2D eigenvalue weighted by Gasteiger charge is -2.13. The topological polar surface area (TPSA) is 105 Å². The highest BCUT2D eigenvalue weighted by Gasteiger charge is 2.21. The number of benzene rings is 1. The van der Waals surface area contributed by atoms with Gasteiger partial charge in [-0.25, -0.2) is 0 Å². The maximum absolute atomic E-state index is 11.3. The summed E-state index contributed by atoms with van der Waals surface area (Å²) in [4.78, 5) is 26.7. The molecule has 1 aromatic heterocycles. The Balaban J connectivity index is 2.26. The summed E-state index contributed by atoms with van der Waals surface area (Å²) in [5, 5.41) is 12.6. The number of carbonyl (C=O) groups excluding carboxylic acids is 1. The number of nitrogens with zero attached hydrogens (tertiary/aromatic N) is 1. The molecule has 0 unspecified atom stereocenters. The number of nitrogens with one attached hydrogen (secondary N) is 1. The SMILES string of the molecule is NCC(=O)NC[C@@H](C(=O)O)c1cnc2ccccc2c1. The first-order valence-corrected chi connectivity index (χ1v) is 6.16. The highest BCUT2D eigenvalue weighted by atomic mass is 16.4. The number of rotatable bonds is 5. The number of amides is 1. The molecule has 0 aliphatic heterocycles. The van der Waals surface area contributed by atoms with Crippen LogP contribution < -0.4 is 11.1 Å².